The molecular formula is C28H22F6O4. The van der Waals surface area contributed by atoms with Crippen molar-refractivity contribution >= 4 is 27.5 Å². The highest BCUT2D eigenvalue weighted by Crippen LogP contribution is 2.46. The molecule has 4 aromatic rings. The van der Waals surface area contributed by atoms with Crippen molar-refractivity contribution in [1.82, 2.24) is 0 Å². The Balaban J connectivity index is 1.97. The standard InChI is InChI=1S/C28H22F6O4/c1-26(2,3)38-21(35)14-37-13-17-8-5-9-20(27(29,30)31)22(17)18-10-11-19-24(28(32,33)34)23(18)15-6-4-7-16(12-15)25(19)36/h4-12H,13-14H2,1-3H3. The molecule has 0 heterocycles. The first-order valence-electron chi connectivity index (χ1n) is 11.5. The number of ether oxygens (including phenoxy) is 2. The second kappa shape index (κ2) is 9.58. The van der Waals surface area contributed by atoms with E-state index in [0.717, 1.165) is 24.3 Å². The number of hydrogen-bond acceptors (Lipinski definition) is 4. The number of fused-ring (bicyclic) bond motifs is 5. The van der Waals surface area contributed by atoms with Gasteiger partial charge < -0.3 is 9.47 Å². The number of carbonyl (C=O) groups excluding carboxylic acids is 1. The molecule has 0 spiro atoms. The minimum atomic E-state index is -5.04. The van der Waals surface area contributed by atoms with Crippen LogP contribution < -0.4 is 5.43 Å². The molecule has 0 aliphatic rings. The Bertz CT molecular complexity index is 1570. The van der Waals surface area contributed by atoms with Crippen molar-refractivity contribution < 1.29 is 40.6 Å². The van der Waals surface area contributed by atoms with Crippen LogP contribution in [0, 0.1) is 0 Å². The van der Waals surface area contributed by atoms with Crippen LogP contribution in [0.25, 0.3) is 32.7 Å². The van der Waals surface area contributed by atoms with Crippen molar-refractivity contribution in [1.29, 1.82) is 0 Å². The van der Waals surface area contributed by atoms with Crippen LogP contribution in [0.1, 0.15) is 37.5 Å². The van der Waals surface area contributed by atoms with Crippen molar-refractivity contribution in [2.45, 2.75) is 45.3 Å². The molecule has 0 fully saturated rings. The van der Waals surface area contributed by atoms with Gasteiger partial charge in [0.15, 0.2) is 5.43 Å². The molecule has 4 rings (SSSR count). The Morgan fingerprint density at radius 2 is 1.50 bits per heavy atom. The Labute approximate surface area is 213 Å². The van der Waals surface area contributed by atoms with Crippen molar-refractivity contribution in [2.75, 3.05) is 6.61 Å². The van der Waals surface area contributed by atoms with Gasteiger partial charge in [-0.3, -0.25) is 4.79 Å². The maximum Gasteiger partial charge on any atom is 0.417 e. The largest absolute Gasteiger partial charge is 0.458 e. The van der Waals surface area contributed by atoms with Crippen molar-refractivity contribution in [3.8, 4) is 11.1 Å². The molecule has 0 aromatic heterocycles. The predicted octanol–water partition coefficient (Wildman–Crippen LogP) is 7.35. The zero-order valence-corrected chi connectivity index (χ0v) is 20.5. The first kappa shape index (κ1) is 27.4. The molecule has 0 saturated carbocycles. The van der Waals surface area contributed by atoms with Gasteiger partial charge in [-0.05, 0) is 55.5 Å². The van der Waals surface area contributed by atoms with E-state index in [-0.39, 0.29) is 21.9 Å². The summed E-state index contributed by atoms with van der Waals surface area (Å²) in [5.74, 6) is -0.753. The van der Waals surface area contributed by atoms with Crippen LogP contribution in [-0.4, -0.2) is 18.2 Å². The van der Waals surface area contributed by atoms with Gasteiger partial charge in [-0.15, -0.1) is 0 Å². The lowest BCUT2D eigenvalue weighted by atomic mass is 9.88. The fourth-order valence-corrected chi connectivity index (χ4v) is 4.46. The first-order valence-corrected chi connectivity index (χ1v) is 11.5. The van der Waals surface area contributed by atoms with E-state index in [2.05, 4.69) is 0 Å². The summed E-state index contributed by atoms with van der Waals surface area (Å²) >= 11 is 0. The fourth-order valence-electron chi connectivity index (χ4n) is 4.46. The quantitative estimate of drug-likeness (QED) is 0.198. The summed E-state index contributed by atoms with van der Waals surface area (Å²) in [7, 11) is 0. The summed E-state index contributed by atoms with van der Waals surface area (Å²) in [6.07, 6.45) is -9.97. The van der Waals surface area contributed by atoms with E-state index < -0.39 is 70.0 Å². The van der Waals surface area contributed by atoms with Crippen molar-refractivity contribution in [2.24, 2.45) is 0 Å². The smallest absolute Gasteiger partial charge is 0.417 e. The number of benzene rings is 3. The number of esters is 1. The molecular weight excluding hydrogens is 514 g/mol. The molecule has 0 N–H and O–H groups in total. The molecule has 38 heavy (non-hydrogen) atoms. The van der Waals surface area contributed by atoms with Gasteiger partial charge in [-0.25, -0.2) is 4.79 Å². The summed E-state index contributed by atoms with van der Waals surface area (Å²) in [6.45, 7) is 3.80. The van der Waals surface area contributed by atoms with Crippen LogP contribution in [0.15, 0.2) is 59.4 Å². The third kappa shape index (κ3) is 5.45. The van der Waals surface area contributed by atoms with Gasteiger partial charge >= 0.3 is 18.3 Å². The Morgan fingerprint density at radius 3 is 2.13 bits per heavy atom. The SMILES string of the molecule is CC(C)(C)OC(=O)COCc1cccc(C(F)(F)F)c1-c1ccc2c(C(F)(F)F)c1c1cccc(c1)c2=O. The van der Waals surface area contributed by atoms with Gasteiger partial charge in [0.25, 0.3) is 0 Å². The predicted molar refractivity (Wildman–Crippen MR) is 130 cm³/mol. The minimum absolute atomic E-state index is 0.00910. The summed E-state index contributed by atoms with van der Waals surface area (Å²) < 4.78 is 96.1. The molecule has 4 bridgehead atoms. The topological polar surface area (TPSA) is 52.6 Å². The van der Waals surface area contributed by atoms with Crippen LogP contribution in [0.3, 0.4) is 0 Å². The number of halogens is 6. The van der Waals surface area contributed by atoms with Crippen LogP contribution >= 0.6 is 0 Å². The summed E-state index contributed by atoms with van der Waals surface area (Å²) in [6, 6.07) is 10.4. The average Bonchev–Trinajstić information content (AvgIpc) is 2.85. The number of carbonyl (C=O) groups is 1. The monoisotopic (exact) mass is 536 g/mol. The maximum atomic E-state index is 14.4. The second-order valence-electron chi connectivity index (χ2n) is 9.74. The summed E-state index contributed by atoms with van der Waals surface area (Å²) in [4.78, 5) is 24.9. The van der Waals surface area contributed by atoms with Gasteiger partial charge in [0.05, 0.1) is 17.7 Å². The summed E-state index contributed by atoms with van der Waals surface area (Å²) in [5, 5.41) is -1.24. The van der Waals surface area contributed by atoms with E-state index in [0.29, 0.717) is 0 Å². The summed E-state index contributed by atoms with van der Waals surface area (Å²) in [5.41, 5.74) is -5.17. The highest BCUT2D eigenvalue weighted by molar-refractivity contribution is 6.06. The molecule has 0 amide bonds. The van der Waals surface area contributed by atoms with Crippen molar-refractivity contribution in [3.63, 3.8) is 0 Å². The molecule has 0 aliphatic carbocycles. The molecule has 200 valence electrons. The van der Waals surface area contributed by atoms with Gasteiger partial charge in [0.2, 0.25) is 0 Å². The van der Waals surface area contributed by atoms with E-state index in [1.54, 1.807) is 20.8 Å². The molecule has 0 saturated heterocycles. The van der Waals surface area contributed by atoms with E-state index >= 15 is 0 Å². The van der Waals surface area contributed by atoms with Crippen molar-refractivity contribution in [3.05, 3.63) is 81.5 Å². The lowest BCUT2D eigenvalue weighted by molar-refractivity contribution is -0.160. The Kier molecular flexibility index (Phi) is 6.90. The first-order chi connectivity index (χ1) is 17.6. The Hall–Kier alpha value is -3.66. The van der Waals surface area contributed by atoms with Gasteiger partial charge in [0, 0.05) is 21.7 Å². The highest BCUT2D eigenvalue weighted by Gasteiger charge is 2.39. The molecule has 0 radical (unpaired) electrons. The van der Waals surface area contributed by atoms with Crippen LogP contribution in [0.5, 0.6) is 0 Å². The third-order valence-electron chi connectivity index (χ3n) is 5.77. The average molecular weight is 536 g/mol. The second-order valence-corrected chi connectivity index (χ2v) is 9.74. The Morgan fingerprint density at radius 1 is 0.842 bits per heavy atom. The zero-order chi connectivity index (χ0) is 28.0. The lowest BCUT2D eigenvalue weighted by Crippen LogP contribution is -2.26. The molecule has 0 atom stereocenters. The van der Waals surface area contributed by atoms with Gasteiger partial charge in [-0.1, -0.05) is 36.4 Å². The van der Waals surface area contributed by atoms with Crippen LogP contribution in [0.2, 0.25) is 0 Å². The number of alkyl halides is 6. The highest BCUT2D eigenvalue weighted by atomic mass is 19.4. The van der Waals surface area contributed by atoms with E-state index in [1.807, 2.05) is 0 Å². The van der Waals surface area contributed by atoms with Gasteiger partial charge in [-0.2, -0.15) is 26.3 Å². The maximum absolute atomic E-state index is 14.4. The molecule has 0 unspecified atom stereocenters. The van der Waals surface area contributed by atoms with Gasteiger partial charge in [0.1, 0.15) is 12.2 Å². The number of hydrogen-bond donors (Lipinski definition) is 0. The van der Waals surface area contributed by atoms with E-state index in [1.165, 1.54) is 30.3 Å². The van der Waals surface area contributed by atoms with E-state index in [4.69, 9.17) is 9.47 Å². The fraction of sp³-hybridized carbons (Fsp3) is 0.286. The third-order valence-corrected chi connectivity index (χ3v) is 5.77. The number of rotatable bonds is 5. The van der Waals surface area contributed by atoms with E-state index in [9.17, 15) is 35.9 Å². The lowest BCUT2D eigenvalue weighted by Gasteiger charge is -2.21. The molecule has 0 aliphatic heterocycles. The normalized spacial score (nSPS) is 12.9. The molecule has 10 heteroatoms. The van der Waals surface area contributed by atoms with Crippen LogP contribution in [-0.2, 0) is 33.2 Å². The zero-order valence-electron chi connectivity index (χ0n) is 20.5. The minimum Gasteiger partial charge on any atom is -0.458 e. The van der Waals surface area contributed by atoms with Crippen LogP contribution in [0.4, 0.5) is 26.3 Å². The molecule has 4 aromatic carbocycles. The molecule has 4 nitrogen and oxygen atoms in total.